The molecule has 0 spiro atoms. The van der Waals surface area contributed by atoms with Crippen molar-refractivity contribution < 1.29 is 0 Å². The third-order valence-electron chi connectivity index (χ3n) is 3.89. The van der Waals surface area contributed by atoms with Crippen LogP contribution in [0, 0.1) is 13.8 Å². The van der Waals surface area contributed by atoms with E-state index in [1.807, 2.05) is 24.5 Å². The molecule has 0 bridgehead atoms. The molecule has 3 aromatic rings. The van der Waals surface area contributed by atoms with Crippen LogP contribution in [0.15, 0.2) is 54.9 Å². The summed E-state index contributed by atoms with van der Waals surface area (Å²) in [6.45, 7) is 4.22. The molecule has 0 fully saturated rings. The molecule has 0 aliphatic rings. The number of fused-ring (bicyclic) bond motifs is 1. The van der Waals surface area contributed by atoms with E-state index in [0.717, 1.165) is 10.9 Å². The first-order valence-corrected chi connectivity index (χ1v) is 6.83. The van der Waals surface area contributed by atoms with Crippen LogP contribution in [0.2, 0.25) is 0 Å². The molecule has 0 aliphatic heterocycles. The number of aryl methyl sites for hydroxylation is 2. The minimum Gasteiger partial charge on any atom is -0.320 e. The van der Waals surface area contributed by atoms with Crippen LogP contribution in [-0.4, -0.2) is 4.98 Å². The van der Waals surface area contributed by atoms with E-state index in [1.165, 1.54) is 22.1 Å². The van der Waals surface area contributed by atoms with Crippen LogP contribution < -0.4 is 5.73 Å². The molecule has 100 valence electrons. The maximum absolute atomic E-state index is 6.54. The van der Waals surface area contributed by atoms with E-state index >= 15 is 0 Å². The molecule has 0 saturated heterocycles. The second-order valence-electron chi connectivity index (χ2n) is 5.23. The monoisotopic (exact) mass is 262 g/mol. The summed E-state index contributed by atoms with van der Waals surface area (Å²) in [5.41, 5.74) is 11.3. The molecule has 1 unspecified atom stereocenters. The van der Waals surface area contributed by atoms with Gasteiger partial charge in [-0.25, -0.2) is 0 Å². The van der Waals surface area contributed by atoms with E-state index in [-0.39, 0.29) is 6.04 Å². The third kappa shape index (κ3) is 2.08. The first-order chi connectivity index (χ1) is 9.68. The molecular weight excluding hydrogens is 244 g/mol. The molecule has 0 saturated carbocycles. The molecule has 0 aliphatic carbocycles. The second-order valence-corrected chi connectivity index (χ2v) is 5.23. The van der Waals surface area contributed by atoms with Crippen LogP contribution >= 0.6 is 0 Å². The molecule has 2 heteroatoms. The summed E-state index contributed by atoms with van der Waals surface area (Å²) in [4.78, 5) is 4.34. The zero-order chi connectivity index (χ0) is 14.1. The maximum atomic E-state index is 6.54. The van der Waals surface area contributed by atoms with Gasteiger partial charge in [-0.1, -0.05) is 42.5 Å². The molecule has 3 rings (SSSR count). The Hall–Kier alpha value is -2.19. The topological polar surface area (TPSA) is 38.9 Å². The number of benzene rings is 2. The number of nitrogens with two attached hydrogens (primary N) is 1. The molecule has 1 aromatic heterocycles. The highest BCUT2D eigenvalue weighted by Crippen LogP contribution is 2.29. The summed E-state index contributed by atoms with van der Waals surface area (Å²) in [7, 11) is 0. The fourth-order valence-corrected chi connectivity index (χ4v) is 2.86. The van der Waals surface area contributed by atoms with Gasteiger partial charge in [-0.3, -0.25) is 4.98 Å². The van der Waals surface area contributed by atoms with Crippen LogP contribution in [0.25, 0.3) is 10.8 Å². The molecule has 2 nitrogen and oxygen atoms in total. The standard InChI is InChI=1S/C18H18N2/c1-12-6-5-7-13(2)17(12)18(19)16-11-20-10-14-8-3-4-9-15(14)16/h3-11,18H,19H2,1-2H3. The number of hydrogen-bond donors (Lipinski definition) is 1. The lowest BCUT2D eigenvalue weighted by molar-refractivity contribution is 0.854. The fourth-order valence-electron chi connectivity index (χ4n) is 2.86. The van der Waals surface area contributed by atoms with E-state index in [0.29, 0.717) is 0 Å². The Balaban J connectivity index is 2.21. The minimum absolute atomic E-state index is 0.144. The van der Waals surface area contributed by atoms with Gasteiger partial charge in [0.15, 0.2) is 0 Å². The maximum Gasteiger partial charge on any atom is 0.0578 e. The first kappa shape index (κ1) is 12.8. The summed E-state index contributed by atoms with van der Waals surface area (Å²) in [5.74, 6) is 0. The van der Waals surface area contributed by atoms with E-state index in [2.05, 4.69) is 49.2 Å². The van der Waals surface area contributed by atoms with Crippen molar-refractivity contribution in [3.8, 4) is 0 Å². The largest absolute Gasteiger partial charge is 0.320 e. The van der Waals surface area contributed by atoms with Crippen molar-refractivity contribution in [1.82, 2.24) is 4.98 Å². The minimum atomic E-state index is -0.144. The predicted molar refractivity (Wildman–Crippen MR) is 83.7 cm³/mol. The summed E-state index contributed by atoms with van der Waals surface area (Å²) in [5, 5.41) is 2.31. The van der Waals surface area contributed by atoms with Gasteiger partial charge in [0.2, 0.25) is 0 Å². The number of pyridine rings is 1. The predicted octanol–water partition coefficient (Wildman–Crippen LogP) is 3.90. The zero-order valence-electron chi connectivity index (χ0n) is 11.8. The van der Waals surface area contributed by atoms with Gasteiger partial charge in [0.05, 0.1) is 6.04 Å². The van der Waals surface area contributed by atoms with Gasteiger partial charge in [-0.2, -0.15) is 0 Å². The van der Waals surface area contributed by atoms with Gasteiger partial charge >= 0.3 is 0 Å². The number of aromatic nitrogens is 1. The van der Waals surface area contributed by atoms with Crippen molar-refractivity contribution in [2.75, 3.05) is 0 Å². The van der Waals surface area contributed by atoms with Gasteiger partial charge in [0.1, 0.15) is 0 Å². The van der Waals surface area contributed by atoms with Gasteiger partial charge < -0.3 is 5.73 Å². The average Bonchev–Trinajstić information content (AvgIpc) is 2.46. The highest BCUT2D eigenvalue weighted by atomic mass is 14.7. The molecule has 2 aromatic carbocycles. The molecule has 2 N–H and O–H groups in total. The summed E-state index contributed by atoms with van der Waals surface area (Å²) < 4.78 is 0. The molecule has 0 amide bonds. The SMILES string of the molecule is Cc1cccc(C)c1C(N)c1cncc2ccccc12. The van der Waals surface area contributed by atoms with Crippen molar-refractivity contribution in [2.24, 2.45) is 5.73 Å². The highest BCUT2D eigenvalue weighted by molar-refractivity contribution is 5.85. The smallest absolute Gasteiger partial charge is 0.0578 e. The number of rotatable bonds is 2. The molecule has 20 heavy (non-hydrogen) atoms. The Labute approximate surface area is 119 Å². The van der Waals surface area contributed by atoms with Crippen LogP contribution in [0.1, 0.15) is 28.3 Å². The van der Waals surface area contributed by atoms with Crippen molar-refractivity contribution in [3.05, 3.63) is 77.1 Å². The van der Waals surface area contributed by atoms with E-state index < -0.39 is 0 Å². The molecule has 0 radical (unpaired) electrons. The Kier molecular flexibility index (Phi) is 3.25. The van der Waals surface area contributed by atoms with E-state index in [4.69, 9.17) is 5.73 Å². The normalized spacial score (nSPS) is 12.6. The lowest BCUT2D eigenvalue weighted by Crippen LogP contribution is -2.15. The molecule has 1 atom stereocenters. The van der Waals surface area contributed by atoms with E-state index in [1.54, 1.807) is 0 Å². The summed E-state index contributed by atoms with van der Waals surface area (Å²) in [6.07, 6.45) is 3.77. The Morgan fingerprint density at radius 3 is 2.35 bits per heavy atom. The summed E-state index contributed by atoms with van der Waals surface area (Å²) in [6, 6.07) is 14.4. The van der Waals surface area contributed by atoms with Crippen LogP contribution in [0.3, 0.4) is 0 Å². The van der Waals surface area contributed by atoms with Gasteiger partial charge in [0.25, 0.3) is 0 Å². The number of hydrogen-bond acceptors (Lipinski definition) is 2. The zero-order valence-corrected chi connectivity index (χ0v) is 11.8. The average molecular weight is 262 g/mol. The lowest BCUT2D eigenvalue weighted by atomic mass is 9.90. The third-order valence-corrected chi connectivity index (χ3v) is 3.89. The van der Waals surface area contributed by atoms with Gasteiger partial charge in [-0.05, 0) is 41.5 Å². The van der Waals surface area contributed by atoms with Gasteiger partial charge in [0, 0.05) is 17.8 Å². The quantitative estimate of drug-likeness (QED) is 0.760. The van der Waals surface area contributed by atoms with Crippen molar-refractivity contribution in [3.63, 3.8) is 0 Å². The Morgan fingerprint density at radius 2 is 1.60 bits per heavy atom. The van der Waals surface area contributed by atoms with Crippen molar-refractivity contribution >= 4 is 10.8 Å². The molecular formula is C18H18N2. The first-order valence-electron chi connectivity index (χ1n) is 6.83. The van der Waals surface area contributed by atoms with Crippen molar-refractivity contribution in [2.45, 2.75) is 19.9 Å². The molecule has 1 heterocycles. The highest BCUT2D eigenvalue weighted by Gasteiger charge is 2.16. The lowest BCUT2D eigenvalue weighted by Gasteiger charge is -2.19. The number of nitrogens with zero attached hydrogens (tertiary/aromatic N) is 1. The summed E-state index contributed by atoms with van der Waals surface area (Å²) >= 11 is 0. The van der Waals surface area contributed by atoms with E-state index in [9.17, 15) is 0 Å². The van der Waals surface area contributed by atoms with Crippen LogP contribution in [0.5, 0.6) is 0 Å². The Bertz CT molecular complexity index is 737. The van der Waals surface area contributed by atoms with Gasteiger partial charge in [-0.15, -0.1) is 0 Å². The fraction of sp³-hybridized carbons (Fsp3) is 0.167. The van der Waals surface area contributed by atoms with Crippen molar-refractivity contribution in [1.29, 1.82) is 0 Å². The Morgan fingerprint density at radius 1 is 0.900 bits per heavy atom. The van der Waals surface area contributed by atoms with Crippen LogP contribution in [0.4, 0.5) is 0 Å². The second kappa shape index (κ2) is 5.06. The van der Waals surface area contributed by atoms with Crippen LogP contribution in [-0.2, 0) is 0 Å².